The van der Waals surface area contributed by atoms with Gasteiger partial charge in [0.15, 0.2) is 5.78 Å². The van der Waals surface area contributed by atoms with Crippen molar-refractivity contribution in [3.8, 4) is 5.75 Å². The molecular weight excluding hydrogens is 212 g/mol. The monoisotopic (exact) mass is 230 g/mol. The van der Waals surface area contributed by atoms with Gasteiger partial charge in [0.2, 0.25) is 0 Å². The molecule has 0 atom stereocenters. The third kappa shape index (κ3) is 2.96. The van der Waals surface area contributed by atoms with Gasteiger partial charge in [-0.1, -0.05) is 18.2 Å². The Kier molecular flexibility index (Phi) is 3.62. The number of ether oxygens (including phenoxy) is 1. The summed E-state index contributed by atoms with van der Waals surface area (Å²) >= 11 is 0. The van der Waals surface area contributed by atoms with E-state index in [1.807, 2.05) is 38.1 Å². The lowest BCUT2D eigenvalue weighted by Crippen LogP contribution is -2.08. The summed E-state index contributed by atoms with van der Waals surface area (Å²) in [5, 5.41) is 0. The topological polar surface area (TPSA) is 26.3 Å². The molecule has 0 saturated carbocycles. The lowest BCUT2D eigenvalue weighted by molar-refractivity contribution is -0.114. The van der Waals surface area contributed by atoms with Crippen LogP contribution in [0.5, 0.6) is 5.75 Å². The molecule has 1 aliphatic carbocycles. The van der Waals surface area contributed by atoms with E-state index in [0.29, 0.717) is 6.42 Å². The SMILES string of the molecule is CC(C)Oc1ccccc1C1=CC(=O)CCC1. The first-order valence-electron chi connectivity index (χ1n) is 6.16. The lowest BCUT2D eigenvalue weighted by atomic mass is 9.92. The number of carbonyl (C=O) groups is 1. The average Bonchev–Trinajstić information content (AvgIpc) is 2.29. The summed E-state index contributed by atoms with van der Waals surface area (Å²) in [4.78, 5) is 11.5. The highest BCUT2D eigenvalue weighted by Crippen LogP contribution is 2.32. The number of para-hydroxylation sites is 1. The summed E-state index contributed by atoms with van der Waals surface area (Å²) < 4.78 is 5.78. The van der Waals surface area contributed by atoms with E-state index >= 15 is 0 Å². The molecule has 0 heterocycles. The highest BCUT2D eigenvalue weighted by atomic mass is 16.5. The molecule has 0 amide bonds. The van der Waals surface area contributed by atoms with Crippen LogP contribution >= 0.6 is 0 Å². The molecular formula is C15H18O2. The second-order valence-electron chi connectivity index (χ2n) is 4.65. The van der Waals surface area contributed by atoms with Crippen molar-refractivity contribution in [2.24, 2.45) is 0 Å². The maximum absolute atomic E-state index is 11.5. The van der Waals surface area contributed by atoms with Gasteiger partial charge in [-0.25, -0.2) is 0 Å². The fraction of sp³-hybridized carbons (Fsp3) is 0.400. The molecule has 2 nitrogen and oxygen atoms in total. The number of ketones is 1. The fourth-order valence-corrected chi connectivity index (χ4v) is 2.09. The molecule has 90 valence electrons. The first-order chi connectivity index (χ1) is 8.16. The number of allylic oxidation sites excluding steroid dienone is 2. The summed E-state index contributed by atoms with van der Waals surface area (Å²) in [6.45, 7) is 4.02. The smallest absolute Gasteiger partial charge is 0.155 e. The quantitative estimate of drug-likeness (QED) is 0.793. The highest BCUT2D eigenvalue weighted by molar-refractivity contribution is 5.98. The summed E-state index contributed by atoms with van der Waals surface area (Å²) in [7, 11) is 0. The maximum atomic E-state index is 11.5. The van der Waals surface area contributed by atoms with Gasteiger partial charge in [0.1, 0.15) is 5.75 Å². The molecule has 0 bridgehead atoms. The minimum Gasteiger partial charge on any atom is -0.490 e. The molecule has 0 N–H and O–H groups in total. The van der Waals surface area contributed by atoms with Crippen LogP contribution in [-0.2, 0) is 4.79 Å². The van der Waals surface area contributed by atoms with Crippen LogP contribution in [0.25, 0.3) is 5.57 Å². The van der Waals surface area contributed by atoms with Gasteiger partial charge in [0.05, 0.1) is 6.10 Å². The van der Waals surface area contributed by atoms with Gasteiger partial charge in [0, 0.05) is 12.0 Å². The molecule has 2 rings (SSSR count). The standard InChI is InChI=1S/C15H18O2/c1-11(2)17-15-9-4-3-8-14(15)12-6-5-7-13(16)10-12/h3-4,8-11H,5-7H2,1-2H3. The van der Waals surface area contributed by atoms with E-state index in [9.17, 15) is 4.79 Å². The fourth-order valence-electron chi connectivity index (χ4n) is 2.09. The van der Waals surface area contributed by atoms with E-state index in [0.717, 1.165) is 29.7 Å². The number of hydrogen-bond acceptors (Lipinski definition) is 2. The summed E-state index contributed by atoms with van der Waals surface area (Å²) in [5.41, 5.74) is 2.17. The van der Waals surface area contributed by atoms with Crippen LogP contribution in [0.4, 0.5) is 0 Å². The van der Waals surface area contributed by atoms with Crippen molar-refractivity contribution in [3.05, 3.63) is 35.9 Å². The third-order valence-corrected chi connectivity index (χ3v) is 2.80. The third-order valence-electron chi connectivity index (χ3n) is 2.80. The predicted octanol–water partition coefficient (Wildman–Crippen LogP) is 3.61. The highest BCUT2D eigenvalue weighted by Gasteiger charge is 2.15. The Morgan fingerprint density at radius 1 is 1.18 bits per heavy atom. The van der Waals surface area contributed by atoms with Crippen molar-refractivity contribution in [1.82, 2.24) is 0 Å². The van der Waals surface area contributed by atoms with Gasteiger partial charge >= 0.3 is 0 Å². The average molecular weight is 230 g/mol. The maximum Gasteiger partial charge on any atom is 0.155 e. The van der Waals surface area contributed by atoms with Gasteiger partial charge in [-0.3, -0.25) is 4.79 Å². The van der Waals surface area contributed by atoms with Crippen LogP contribution in [0, 0.1) is 0 Å². The van der Waals surface area contributed by atoms with Crippen molar-refractivity contribution in [2.75, 3.05) is 0 Å². The largest absolute Gasteiger partial charge is 0.490 e. The molecule has 0 radical (unpaired) electrons. The zero-order valence-corrected chi connectivity index (χ0v) is 10.4. The molecule has 1 aliphatic rings. The molecule has 0 saturated heterocycles. The minimum absolute atomic E-state index is 0.149. The molecule has 0 fully saturated rings. The molecule has 1 aromatic carbocycles. The van der Waals surface area contributed by atoms with Crippen LogP contribution in [0.3, 0.4) is 0 Å². The van der Waals surface area contributed by atoms with Crippen LogP contribution < -0.4 is 4.74 Å². The molecule has 17 heavy (non-hydrogen) atoms. The Labute approximate surface area is 102 Å². The van der Waals surface area contributed by atoms with Gasteiger partial charge in [-0.2, -0.15) is 0 Å². The first-order valence-corrected chi connectivity index (χ1v) is 6.16. The van der Waals surface area contributed by atoms with Crippen molar-refractivity contribution < 1.29 is 9.53 Å². The molecule has 1 aromatic rings. The van der Waals surface area contributed by atoms with Gasteiger partial charge in [0.25, 0.3) is 0 Å². The molecule has 0 aromatic heterocycles. The lowest BCUT2D eigenvalue weighted by Gasteiger charge is -2.18. The van der Waals surface area contributed by atoms with E-state index in [-0.39, 0.29) is 11.9 Å². The summed E-state index contributed by atoms with van der Waals surface area (Å²) in [5.74, 6) is 1.11. The molecule has 0 unspecified atom stereocenters. The number of benzene rings is 1. The Balaban J connectivity index is 2.34. The molecule has 0 spiro atoms. The van der Waals surface area contributed by atoms with Crippen molar-refractivity contribution in [1.29, 1.82) is 0 Å². The van der Waals surface area contributed by atoms with Crippen LogP contribution in [0.2, 0.25) is 0 Å². The number of carbonyl (C=O) groups excluding carboxylic acids is 1. The van der Waals surface area contributed by atoms with Crippen LogP contribution in [-0.4, -0.2) is 11.9 Å². The van der Waals surface area contributed by atoms with E-state index in [1.54, 1.807) is 6.08 Å². The number of rotatable bonds is 3. The molecule has 0 aliphatic heterocycles. The Morgan fingerprint density at radius 2 is 1.94 bits per heavy atom. The number of hydrogen-bond donors (Lipinski definition) is 0. The Hall–Kier alpha value is -1.57. The van der Waals surface area contributed by atoms with E-state index in [2.05, 4.69) is 0 Å². The Bertz CT molecular complexity index is 444. The van der Waals surface area contributed by atoms with Crippen LogP contribution in [0.15, 0.2) is 30.3 Å². The second kappa shape index (κ2) is 5.17. The first kappa shape index (κ1) is 11.9. The van der Waals surface area contributed by atoms with Gasteiger partial charge < -0.3 is 4.74 Å². The normalized spacial score (nSPS) is 15.9. The van der Waals surface area contributed by atoms with E-state index in [4.69, 9.17) is 4.74 Å². The zero-order valence-electron chi connectivity index (χ0n) is 10.4. The van der Waals surface area contributed by atoms with Gasteiger partial charge in [-0.05, 0) is 44.4 Å². The van der Waals surface area contributed by atoms with Gasteiger partial charge in [-0.15, -0.1) is 0 Å². The van der Waals surface area contributed by atoms with Crippen molar-refractivity contribution >= 4 is 11.4 Å². The second-order valence-corrected chi connectivity index (χ2v) is 4.65. The summed E-state index contributed by atoms with van der Waals surface area (Å²) in [6, 6.07) is 7.95. The van der Waals surface area contributed by atoms with Crippen molar-refractivity contribution in [2.45, 2.75) is 39.2 Å². The van der Waals surface area contributed by atoms with Crippen LogP contribution in [0.1, 0.15) is 38.7 Å². The Morgan fingerprint density at radius 3 is 2.65 bits per heavy atom. The molecule has 2 heteroatoms. The summed E-state index contributed by atoms with van der Waals surface area (Å²) in [6.07, 6.45) is 4.50. The van der Waals surface area contributed by atoms with Crippen molar-refractivity contribution in [3.63, 3.8) is 0 Å². The van der Waals surface area contributed by atoms with E-state index < -0.39 is 0 Å². The van der Waals surface area contributed by atoms with E-state index in [1.165, 1.54) is 0 Å². The predicted molar refractivity (Wildman–Crippen MR) is 69.0 cm³/mol. The minimum atomic E-state index is 0.149. The zero-order chi connectivity index (χ0) is 12.3.